The van der Waals surface area contributed by atoms with Crippen LogP contribution in [0.1, 0.15) is 21.5 Å². The summed E-state index contributed by atoms with van der Waals surface area (Å²) in [5, 5.41) is 0. The summed E-state index contributed by atoms with van der Waals surface area (Å²) < 4.78 is 37.3. The Morgan fingerprint density at radius 3 is 2.47 bits per heavy atom. The second-order valence-electron chi connectivity index (χ2n) is 6.28. The minimum atomic E-state index is -0.817. The standard InChI is InChI=1S/C23H13F2NO4/c24-16-5-3-4-15(13-16)21-26-20(23(28)30-21)12-14-8-10-17(11-9-14)29-22(27)18-6-1-2-7-19(18)25/h1-13H. The van der Waals surface area contributed by atoms with Crippen LogP contribution >= 0.6 is 0 Å². The Kier molecular flexibility index (Phi) is 5.17. The first-order chi connectivity index (χ1) is 14.5. The molecule has 0 saturated carbocycles. The molecule has 0 atom stereocenters. The van der Waals surface area contributed by atoms with Gasteiger partial charge in [0.25, 0.3) is 0 Å². The largest absolute Gasteiger partial charge is 0.423 e. The molecule has 148 valence electrons. The Bertz CT molecular complexity index is 1200. The van der Waals surface area contributed by atoms with Crippen LogP contribution in [-0.2, 0) is 9.53 Å². The van der Waals surface area contributed by atoms with Gasteiger partial charge in [-0.3, -0.25) is 0 Å². The van der Waals surface area contributed by atoms with Crippen LogP contribution in [0, 0.1) is 11.6 Å². The average Bonchev–Trinajstić information content (AvgIpc) is 3.10. The minimum Gasteiger partial charge on any atom is -0.423 e. The molecular formula is C23H13F2NO4. The van der Waals surface area contributed by atoms with Crippen molar-refractivity contribution in [2.75, 3.05) is 0 Å². The number of nitrogens with zero attached hydrogens (tertiary/aromatic N) is 1. The third-order valence-corrected chi connectivity index (χ3v) is 4.18. The van der Waals surface area contributed by atoms with E-state index in [9.17, 15) is 18.4 Å². The zero-order valence-electron chi connectivity index (χ0n) is 15.3. The molecule has 3 aromatic carbocycles. The van der Waals surface area contributed by atoms with E-state index < -0.39 is 23.6 Å². The summed E-state index contributed by atoms with van der Waals surface area (Å²) in [7, 11) is 0. The van der Waals surface area contributed by atoms with Gasteiger partial charge in [-0.25, -0.2) is 23.4 Å². The van der Waals surface area contributed by atoms with Gasteiger partial charge in [-0.1, -0.05) is 30.3 Å². The lowest BCUT2D eigenvalue weighted by Crippen LogP contribution is -2.10. The number of aliphatic imine (C=N–C) groups is 1. The lowest BCUT2D eigenvalue weighted by molar-refractivity contribution is -0.129. The lowest BCUT2D eigenvalue weighted by Gasteiger charge is -2.05. The van der Waals surface area contributed by atoms with E-state index in [2.05, 4.69) is 4.99 Å². The maximum Gasteiger partial charge on any atom is 0.363 e. The van der Waals surface area contributed by atoms with E-state index in [-0.39, 0.29) is 22.9 Å². The van der Waals surface area contributed by atoms with Gasteiger partial charge < -0.3 is 9.47 Å². The fourth-order valence-electron chi connectivity index (χ4n) is 2.73. The van der Waals surface area contributed by atoms with Crippen LogP contribution in [0.5, 0.6) is 5.75 Å². The molecule has 1 heterocycles. The third kappa shape index (κ3) is 4.15. The molecule has 0 radical (unpaired) electrons. The van der Waals surface area contributed by atoms with E-state index >= 15 is 0 Å². The molecule has 7 heteroatoms. The fraction of sp³-hybridized carbons (Fsp3) is 0. The number of ether oxygens (including phenoxy) is 2. The lowest BCUT2D eigenvalue weighted by atomic mass is 10.2. The van der Waals surface area contributed by atoms with E-state index in [0.29, 0.717) is 11.1 Å². The summed E-state index contributed by atoms with van der Waals surface area (Å²) in [5.41, 5.74) is 0.820. The predicted molar refractivity (Wildman–Crippen MR) is 105 cm³/mol. The number of hydrogen-bond donors (Lipinski definition) is 0. The molecule has 0 N–H and O–H groups in total. The number of hydrogen-bond acceptors (Lipinski definition) is 5. The SMILES string of the molecule is O=C1OC(c2cccc(F)c2)=NC1=Cc1ccc(OC(=O)c2ccccc2F)cc1. The van der Waals surface area contributed by atoms with E-state index in [1.165, 1.54) is 60.7 Å². The van der Waals surface area contributed by atoms with Gasteiger partial charge >= 0.3 is 11.9 Å². The molecule has 0 spiro atoms. The molecule has 4 rings (SSSR count). The van der Waals surface area contributed by atoms with E-state index in [4.69, 9.17) is 9.47 Å². The molecule has 1 aliphatic heterocycles. The monoisotopic (exact) mass is 405 g/mol. The number of esters is 2. The predicted octanol–water partition coefficient (Wildman–Crippen LogP) is 4.53. The van der Waals surface area contributed by atoms with Crippen LogP contribution in [0.25, 0.3) is 6.08 Å². The smallest absolute Gasteiger partial charge is 0.363 e. The van der Waals surface area contributed by atoms with Gasteiger partial charge in [-0.2, -0.15) is 0 Å². The fourth-order valence-corrected chi connectivity index (χ4v) is 2.73. The second-order valence-corrected chi connectivity index (χ2v) is 6.28. The second kappa shape index (κ2) is 8.08. The molecule has 30 heavy (non-hydrogen) atoms. The summed E-state index contributed by atoms with van der Waals surface area (Å²) in [5.74, 6) is -2.39. The first kappa shape index (κ1) is 19.2. The van der Waals surface area contributed by atoms with E-state index in [1.807, 2.05) is 0 Å². The number of benzene rings is 3. The zero-order chi connectivity index (χ0) is 21.1. The molecule has 0 aliphatic carbocycles. The number of halogens is 2. The third-order valence-electron chi connectivity index (χ3n) is 4.18. The minimum absolute atomic E-state index is 0.0150. The molecule has 0 fully saturated rings. The van der Waals surface area contributed by atoms with Crippen molar-refractivity contribution in [3.8, 4) is 5.75 Å². The van der Waals surface area contributed by atoms with Crippen molar-refractivity contribution in [3.05, 3.63) is 107 Å². The van der Waals surface area contributed by atoms with Gasteiger partial charge in [0.05, 0.1) is 5.56 Å². The first-order valence-corrected chi connectivity index (χ1v) is 8.85. The Balaban J connectivity index is 1.50. The van der Waals surface area contributed by atoms with Crippen molar-refractivity contribution in [1.82, 2.24) is 0 Å². The molecule has 5 nitrogen and oxygen atoms in total. The van der Waals surface area contributed by atoms with Crippen LogP contribution in [0.15, 0.2) is 83.5 Å². The van der Waals surface area contributed by atoms with Gasteiger partial charge in [-0.05, 0) is 54.1 Å². The van der Waals surface area contributed by atoms with E-state index in [0.717, 1.165) is 0 Å². The van der Waals surface area contributed by atoms with Gasteiger partial charge in [0.2, 0.25) is 5.90 Å². The van der Waals surface area contributed by atoms with Crippen LogP contribution in [0.2, 0.25) is 0 Å². The van der Waals surface area contributed by atoms with Gasteiger partial charge in [0.15, 0.2) is 5.70 Å². The maximum absolute atomic E-state index is 13.7. The Morgan fingerprint density at radius 1 is 0.967 bits per heavy atom. The van der Waals surface area contributed by atoms with Gasteiger partial charge in [0, 0.05) is 5.56 Å². The zero-order valence-corrected chi connectivity index (χ0v) is 15.3. The molecule has 0 bridgehead atoms. The Morgan fingerprint density at radius 2 is 1.73 bits per heavy atom. The molecule has 0 aromatic heterocycles. The summed E-state index contributed by atoms with van der Waals surface area (Å²) in [6.45, 7) is 0. The van der Waals surface area contributed by atoms with Crippen LogP contribution in [0.4, 0.5) is 8.78 Å². The van der Waals surface area contributed by atoms with Crippen molar-refractivity contribution in [1.29, 1.82) is 0 Å². The number of carbonyl (C=O) groups is 2. The molecule has 1 aliphatic rings. The van der Waals surface area contributed by atoms with Crippen molar-refractivity contribution in [2.45, 2.75) is 0 Å². The number of cyclic esters (lactones) is 1. The summed E-state index contributed by atoms with van der Waals surface area (Å²) in [6.07, 6.45) is 1.48. The van der Waals surface area contributed by atoms with Crippen molar-refractivity contribution in [2.24, 2.45) is 4.99 Å². The van der Waals surface area contributed by atoms with Crippen LogP contribution in [-0.4, -0.2) is 17.8 Å². The highest BCUT2D eigenvalue weighted by Crippen LogP contribution is 2.21. The summed E-state index contributed by atoms with van der Waals surface area (Å²) >= 11 is 0. The van der Waals surface area contributed by atoms with Gasteiger partial charge in [0.1, 0.15) is 17.4 Å². The highest BCUT2D eigenvalue weighted by Gasteiger charge is 2.24. The van der Waals surface area contributed by atoms with Crippen molar-refractivity contribution in [3.63, 3.8) is 0 Å². The number of rotatable bonds is 4. The molecular weight excluding hydrogens is 392 g/mol. The average molecular weight is 405 g/mol. The maximum atomic E-state index is 13.7. The summed E-state index contributed by atoms with van der Waals surface area (Å²) in [6, 6.07) is 17.3. The molecule has 0 unspecified atom stereocenters. The normalized spacial score (nSPS) is 14.4. The van der Waals surface area contributed by atoms with Crippen LogP contribution in [0.3, 0.4) is 0 Å². The van der Waals surface area contributed by atoms with Crippen molar-refractivity contribution < 1.29 is 27.8 Å². The quantitative estimate of drug-likeness (QED) is 0.364. The Hall–Kier alpha value is -4.13. The highest BCUT2D eigenvalue weighted by atomic mass is 19.1. The molecule has 0 amide bonds. The molecule has 0 saturated heterocycles. The Labute approximate surface area is 169 Å². The van der Waals surface area contributed by atoms with Crippen LogP contribution < -0.4 is 4.74 Å². The van der Waals surface area contributed by atoms with Crippen molar-refractivity contribution >= 4 is 23.9 Å². The highest BCUT2D eigenvalue weighted by molar-refractivity contribution is 6.12. The van der Waals surface area contributed by atoms with Gasteiger partial charge in [-0.15, -0.1) is 0 Å². The number of carbonyl (C=O) groups excluding carboxylic acids is 2. The topological polar surface area (TPSA) is 65.0 Å². The molecule has 3 aromatic rings. The van der Waals surface area contributed by atoms with E-state index in [1.54, 1.807) is 18.2 Å². The summed E-state index contributed by atoms with van der Waals surface area (Å²) in [4.78, 5) is 28.2. The first-order valence-electron chi connectivity index (χ1n) is 8.85.